The summed E-state index contributed by atoms with van der Waals surface area (Å²) in [6.45, 7) is 2.44. The number of nitro groups is 1. The Hall–Kier alpha value is -1.76. The van der Waals surface area contributed by atoms with Crippen molar-refractivity contribution in [3.63, 3.8) is 0 Å². The Morgan fingerprint density at radius 1 is 1.35 bits per heavy atom. The summed E-state index contributed by atoms with van der Waals surface area (Å²) >= 11 is 1.66. The van der Waals surface area contributed by atoms with Crippen LogP contribution in [0, 0.1) is 10.1 Å². The molecule has 0 aliphatic rings. The fourth-order valence-electron chi connectivity index (χ4n) is 1.86. The summed E-state index contributed by atoms with van der Waals surface area (Å²) in [6, 6.07) is 10.2. The zero-order valence-corrected chi connectivity index (χ0v) is 11.8. The van der Waals surface area contributed by atoms with Gasteiger partial charge in [0.15, 0.2) is 0 Å². The molecule has 0 fully saturated rings. The highest BCUT2D eigenvalue weighted by Gasteiger charge is 2.12. The van der Waals surface area contributed by atoms with Crippen molar-refractivity contribution >= 4 is 17.0 Å². The molecule has 1 aromatic heterocycles. The molecule has 6 heteroatoms. The first-order valence-corrected chi connectivity index (χ1v) is 7.15. The standard InChI is InChI=1S/C14H16N2O3S/c1-10(14-3-2-8-20-14)15-9-13(17)11-4-6-12(7-5-11)16(18)19/h2-8,10,13,15,17H,9H2,1H3/t10-,13?/m0/s1. The Kier molecular flexibility index (Phi) is 4.84. The Labute approximate surface area is 121 Å². The lowest BCUT2D eigenvalue weighted by Gasteiger charge is -2.16. The van der Waals surface area contributed by atoms with Crippen LogP contribution in [0.3, 0.4) is 0 Å². The first-order chi connectivity index (χ1) is 9.58. The number of nitro benzene ring substituents is 1. The molecule has 0 saturated carbocycles. The van der Waals surface area contributed by atoms with Crippen molar-refractivity contribution in [1.29, 1.82) is 0 Å². The summed E-state index contributed by atoms with van der Waals surface area (Å²) in [6.07, 6.45) is -0.682. The smallest absolute Gasteiger partial charge is 0.269 e. The highest BCUT2D eigenvalue weighted by Crippen LogP contribution is 2.20. The number of non-ortho nitro benzene ring substituents is 1. The van der Waals surface area contributed by atoms with Crippen molar-refractivity contribution in [3.05, 3.63) is 62.3 Å². The summed E-state index contributed by atoms with van der Waals surface area (Å²) in [5.41, 5.74) is 0.697. The molecule has 0 aliphatic heterocycles. The van der Waals surface area contributed by atoms with Crippen LogP contribution in [0.1, 0.15) is 29.5 Å². The predicted molar refractivity (Wildman–Crippen MR) is 78.8 cm³/mol. The number of hydrogen-bond donors (Lipinski definition) is 2. The van der Waals surface area contributed by atoms with Gasteiger partial charge in [-0.15, -0.1) is 11.3 Å². The van der Waals surface area contributed by atoms with Crippen molar-refractivity contribution in [2.45, 2.75) is 19.1 Å². The van der Waals surface area contributed by atoms with Crippen LogP contribution in [-0.2, 0) is 0 Å². The van der Waals surface area contributed by atoms with Crippen LogP contribution < -0.4 is 5.32 Å². The van der Waals surface area contributed by atoms with Crippen LogP contribution in [0.4, 0.5) is 5.69 Å². The molecule has 2 N–H and O–H groups in total. The number of nitrogens with zero attached hydrogens (tertiary/aromatic N) is 1. The second-order valence-corrected chi connectivity index (χ2v) is 5.49. The molecule has 1 unspecified atom stereocenters. The average molecular weight is 292 g/mol. The minimum Gasteiger partial charge on any atom is -0.387 e. The largest absolute Gasteiger partial charge is 0.387 e. The SMILES string of the molecule is C[C@H](NCC(O)c1ccc([N+](=O)[O-])cc1)c1cccs1. The summed E-state index contributed by atoms with van der Waals surface area (Å²) < 4.78 is 0. The highest BCUT2D eigenvalue weighted by molar-refractivity contribution is 7.10. The molecule has 5 nitrogen and oxygen atoms in total. The number of aliphatic hydroxyl groups is 1. The summed E-state index contributed by atoms with van der Waals surface area (Å²) in [5, 5.41) is 25.9. The molecule has 2 aromatic rings. The molecule has 106 valence electrons. The fraction of sp³-hybridized carbons (Fsp3) is 0.286. The van der Waals surface area contributed by atoms with Gasteiger partial charge in [-0.3, -0.25) is 10.1 Å². The summed E-state index contributed by atoms with van der Waals surface area (Å²) in [7, 11) is 0. The maximum atomic E-state index is 10.6. The van der Waals surface area contributed by atoms with Gasteiger partial charge in [-0.05, 0) is 36.1 Å². The van der Waals surface area contributed by atoms with E-state index in [4.69, 9.17) is 0 Å². The van der Waals surface area contributed by atoms with E-state index in [-0.39, 0.29) is 11.7 Å². The van der Waals surface area contributed by atoms with E-state index in [0.717, 1.165) is 0 Å². The molecule has 0 saturated heterocycles. The van der Waals surface area contributed by atoms with Crippen LogP contribution in [0.2, 0.25) is 0 Å². The van der Waals surface area contributed by atoms with Crippen molar-refractivity contribution < 1.29 is 10.0 Å². The second-order valence-electron chi connectivity index (χ2n) is 4.51. The minimum absolute atomic E-state index is 0.0286. The number of thiophene rings is 1. The minimum atomic E-state index is -0.682. The molecule has 0 aliphatic carbocycles. The Bertz CT molecular complexity index is 554. The Morgan fingerprint density at radius 2 is 2.05 bits per heavy atom. The lowest BCUT2D eigenvalue weighted by molar-refractivity contribution is -0.384. The van der Waals surface area contributed by atoms with E-state index in [1.165, 1.54) is 17.0 Å². The van der Waals surface area contributed by atoms with E-state index >= 15 is 0 Å². The lowest BCUT2D eigenvalue weighted by atomic mass is 10.1. The first-order valence-electron chi connectivity index (χ1n) is 6.27. The molecule has 2 atom stereocenters. The molecule has 1 heterocycles. The molecular formula is C14H16N2O3S. The Morgan fingerprint density at radius 3 is 2.60 bits per heavy atom. The fourth-order valence-corrected chi connectivity index (χ4v) is 2.62. The van der Waals surface area contributed by atoms with Crippen LogP contribution in [0.25, 0.3) is 0 Å². The van der Waals surface area contributed by atoms with Crippen LogP contribution >= 0.6 is 11.3 Å². The van der Waals surface area contributed by atoms with Crippen LogP contribution in [-0.4, -0.2) is 16.6 Å². The van der Waals surface area contributed by atoms with E-state index < -0.39 is 11.0 Å². The van der Waals surface area contributed by atoms with Gasteiger partial charge in [0.1, 0.15) is 0 Å². The van der Waals surface area contributed by atoms with E-state index in [9.17, 15) is 15.2 Å². The number of hydrogen-bond acceptors (Lipinski definition) is 5. The van der Waals surface area contributed by atoms with Crippen LogP contribution in [0.15, 0.2) is 41.8 Å². The molecular weight excluding hydrogens is 276 g/mol. The van der Waals surface area contributed by atoms with Gasteiger partial charge in [0.25, 0.3) is 5.69 Å². The third-order valence-corrected chi connectivity index (χ3v) is 4.13. The van der Waals surface area contributed by atoms with Gasteiger partial charge in [0.2, 0.25) is 0 Å². The van der Waals surface area contributed by atoms with Gasteiger partial charge in [0, 0.05) is 29.6 Å². The highest BCUT2D eigenvalue weighted by atomic mass is 32.1. The summed E-state index contributed by atoms with van der Waals surface area (Å²) in [4.78, 5) is 11.3. The monoisotopic (exact) mass is 292 g/mol. The molecule has 1 aromatic carbocycles. The number of aliphatic hydroxyl groups excluding tert-OH is 1. The molecule has 2 rings (SSSR count). The topological polar surface area (TPSA) is 75.4 Å². The molecule has 0 radical (unpaired) electrons. The van der Waals surface area contributed by atoms with Crippen molar-refractivity contribution in [2.75, 3.05) is 6.54 Å². The van der Waals surface area contributed by atoms with E-state index in [1.807, 2.05) is 24.4 Å². The van der Waals surface area contributed by atoms with Gasteiger partial charge in [0.05, 0.1) is 11.0 Å². The zero-order valence-electron chi connectivity index (χ0n) is 11.0. The number of nitrogens with one attached hydrogen (secondary N) is 1. The zero-order chi connectivity index (χ0) is 14.5. The molecule has 0 amide bonds. The third kappa shape index (κ3) is 3.63. The lowest BCUT2D eigenvalue weighted by Crippen LogP contribution is -2.24. The molecule has 0 spiro atoms. The number of benzene rings is 1. The Balaban J connectivity index is 1.91. The third-order valence-electron chi connectivity index (χ3n) is 3.08. The summed E-state index contributed by atoms with van der Waals surface area (Å²) in [5.74, 6) is 0. The maximum Gasteiger partial charge on any atom is 0.269 e. The van der Waals surface area contributed by atoms with Crippen molar-refractivity contribution in [2.24, 2.45) is 0 Å². The quantitative estimate of drug-likeness (QED) is 0.634. The first kappa shape index (κ1) is 14.6. The van der Waals surface area contributed by atoms with Crippen LogP contribution in [0.5, 0.6) is 0 Å². The van der Waals surface area contributed by atoms with Gasteiger partial charge >= 0.3 is 0 Å². The molecule has 0 bridgehead atoms. The van der Waals surface area contributed by atoms with E-state index in [1.54, 1.807) is 23.5 Å². The normalized spacial score (nSPS) is 13.9. The number of rotatable bonds is 6. The van der Waals surface area contributed by atoms with Gasteiger partial charge in [-0.1, -0.05) is 6.07 Å². The van der Waals surface area contributed by atoms with Gasteiger partial charge in [-0.2, -0.15) is 0 Å². The second kappa shape index (κ2) is 6.60. The van der Waals surface area contributed by atoms with E-state index in [2.05, 4.69) is 5.32 Å². The van der Waals surface area contributed by atoms with Gasteiger partial charge in [-0.25, -0.2) is 0 Å². The van der Waals surface area contributed by atoms with Crippen molar-refractivity contribution in [3.8, 4) is 0 Å². The van der Waals surface area contributed by atoms with Gasteiger partial charge < -0.3 is 10.4 Å². The van der Waals surface area contributed by atoms with E-state index in [0.29, 0.717) is 12.1 Å². The molecule has 20 heavy (non-hydrogen) atoms. The average Bonchev–Trinajstić information content (AvgIpc) is 2.98. The van der Waals surface area contributed by atoms with Crippen molar-refractivity contribution in [1.82, 2.24) is 5.32 Å². The predicted octanol–water partition coefficient (Wildman–Crippen LogP) is 3.04. The maximum absolute atomic E-state index is 10.6.